The lowest BCUT2D eigenvalue weighted by molar-refractivity contribution is -0.137. The van der Waals surface area contributed by atoms with E-state index in [4.69, 9.17) is 4.52 Å². The lowest BCUT2D eigenvalue weighted by Crippen LogP contribution is -2.47. The fourth-order valence-corrected chi connectivity index (χ4v) is 7.62. The Morgan fingerprint density at radius 3 is 2.47 bits per heavy atom. The van der Waals surface area contributed by atoms with Crippen LogP contribution in [-0.4, -0.2) is 48.3 Å². The summed E-state index contributed by atoms with van der Waals surface area (Å²) < 4.78 is 34.6. The highest BCUT2D eigenvalue weighted by atomic mass is 32.2. The topological polar surface area (TPSA) is 83.7 Å². The molecular weight excluding hydrogens is 498 g/mol. The summed E-state index contributed by atoms with van der Waals surface area (Å²) in [6, 6.07) is 12.4. The Morgan fingerprint density at radius 1 is 1.03 bits per heavy atom. The summed E-state index contributed by atoms with van der Waals surface area (Å²) in [5, 5.41) is 3.99. The van der Waals surface area contributed by atoms with Gasteiger partial charge in [0, 0.05) is 26.2 Å². The van der Waals surface area contributed by atoms with Crippen molar-refractivity contribution in [2.24, 2.45) is 5.92 Å². The second kappa shape index (κ2) is 10.5. The third-order valence-electron chi connectivity index (χ3n) is 7.75. The maximum Gasteiger partial charge on any atom is 0.248 e. The number of aromatic nitrogens is 1. The molecule has 5 rings (SSSR count). The molecule has 0 unspecified atom stereocenters. The van der Waals surface area contributed by atoms with Crippen molar-refractivity contribution in [3.05, 3.63) is 81.2 Å². The van der Waals surface area contributed by atoms with Gasteiger partial charge >= 0.3 is 0 Å². The van der Waals surface area contributed by atoms with Crippen molar-refractivity contribution in [3.63, 3.8) is 0 Å². The summed E-state index contributed by atoms with van der Waals surface area (Å²) in [5.41, 5.74) is 7.20. The summed E-state index contributed by atoms with van der Waals surface area (Å²) >= 11 is 0. The number of amides is 1. The van der Waals surface area contributed by atoms with Crippen LogP contribution in [0.25, 0.3) is 12.2 Å². The molecule has 0 saturated carbocycles. The Hall–Kier alpha value is -3.23. The van der Waals surface area contributed by atoms with E-state index in [0.29, 0.717) is 38.2 Å². The van der Waals surface area contributed by atoms with E-state index < -0.39 is 10.0 Å². The van der Waals surface area contributed by atoms with E-state index in [0.717, 1.165) is 23.1 Å². The van der Waals surface area contributed by atoms with Gasteiger partial charge in [0.25, 0.3) is 0 Å². The Morgan fingerprint density at radius 2 is 1.74 bits per heavy atom. The maximum absolute atomic E-state index is 13.9. The lowest BCUT2D eigenvalue weighted by Gasteiger charge is -2.36. The van der Waals surface area contributed by atoms with Crippen LogP contribution >= 0.6 is 0 Å². The van der Waals surface area contributed by atoms with Gasteiger partial charge in [0.05, 0.1) is 5.92 Å². The van der Waals surface area contributed by atoms with Crippen LogP contribution in [0.5, 0.6) is 0 Å². The van der Waals surface area contributed by atoms with Gasteiger partial charge in [-0.25, -0.2) is 8.42 Å². The van der Waals surface area contributed by atoms with Crippen LogP contribution < -0.4 is 0 Å². The van der Waals surface area contributed by atoms with Gasteiger partial charge in [-0.2, -0.15) is 4.31 Å². The number of benzene rings is 2. The molecular formula is C30H35N3O4S. The zero-order valence-electron chi connectivity index (χ0n) is 22.5. The van der Waals surface area contributed by atoms with Crippen LogP contribution in [-0.2, 0) is 27.8 Å². The average Bonchev–Trinajstić information content (AvgIpc) is 3.28. The molecule has 200 valence electrons. The summed E-state index contributed by atoms with van der Waals surface area (Å²) in [6.07, 6.45) is 5.73. The molecule has 0 radical (unpaired) electrons. The minimum atomic E-state index is -3.90. The summed E-state index contributed by atoms with van der Waals surface area (Å²) in [6.45, 7) is 9.56. The summed E-state index contributed by atoms with van der Waals surface area (Å²) in [5.74, 6) is -0.115. The zero-order valence-corrected chi connectivity index (χ0v) is 23.3. The number of piperidine rings is 1. The lowest BCUT2D eigenvalue weighted by atomic mass is 9.95. The predicted octanol–water partition coefficient (Wildman–Crippen LogP) is 5.06. The molecule has 2 aromatic carbocycles. The quantitative estimate of drug-likeness (QED) is 0.458. The second-order valence-electron chi connectivity index (χ2n) is 10.6. The highest BCUT2D eigenvalue weighted by molar-refractivity contribution is 7.89. The third-order valence-corrected chi connectivity index (χ3v) is 9.77. The van der Waals surface area contributed by atoms with Crippen molar-refractivity contribution in [1.29, 1.82) is 0 Å². The van der Waals surface area contributed by atoms with Gasteiger partial charge in [-0.15, -0.1) is 0 Å². The largest absolute Gasteiger partial charge is 0.355 e. The zero-order chi connectivity index (χ0) is 27.0. The van der Waals surface area contributed by atoms with Crippen LogP contribution in [0.3, 0.4) is 0 Å². The molecule has 8 heteroatoms. The molecule has 1 atom stereocenters. The van der Waals surface area contributed by atoms with E-state index in [1.807, 2.05) is 37.0 Å². The number of carbonyl (C=O) groups excluding carboxylic acids is 1. The molecule has 3 aromatic rings. The molecule has 0 N–H and O–H groups in total. The van der Waals surface area contributed by atoms with E-state index in [1.54, 1.807) is 13.0 Å². The van der Waals surface area contributed by atoms with Gasteiger partial charge in [0.1, 0.15) is 5.69 Å². The number of sulfonamides is 1. The Kier molecular flexibility index (Phi) is 7.29. The second-order valence-corrected chi connectivity index (χ2v) is 12.5. The normalized spacial score (nSPS) is 18.6. The van der Waals surface area contributed by atoms with Gasteiger partial charge in [-0.1, -0.05) is 53.2 Å². The molecule has 0 spiro atoms. The van der Waals surface area contributed by atoms with Gasteiger partial charge in [-0.3, -0.25) is 4.79 Å². The van der Waals surface area contributed by atoms with Crippen LogP contribution in [0.4, 0.5) is 0 Å². The highest BCUT2D eigenvalue weighted by Gasteiger charge is 2.38. The number of rotatable bonds is 5. The van der Waals surface area contributed by atoms with Crippen molar-refractivity contribution >= 4 is 28.1 Å². The maximum atomic E-state index is 13.9. The fraction of sp³-hybridized carbons (Fsp3) is 0.400. The summed E-state index contributed by atoms with van der Waals surface area (Å²) in [4.78, 5) is 15.4. The van der Waals surface area contributed by atoms with E-state index in [2.05, 4.69) is 36.3 Å². The van der Waals surface area contributed by atoms with Crippen molar-refractivity contribution in [3.8, 4) is 0 Å². The van der Waals surface area contributed by atoms with Crippen molar-refractivity contribution in [1.82, 2.24) is 14.4 Å². The molecule has 1 fully saturated rings. The molecule has 3 heterocycles. The standard InChI is InChI=1S/C30H35N3O4S/c1-20-16-21(2)27(22(3)17-20)11-12-28-29(23(4)31-37-28)38(35,36)33-14-7-10-26(19-33)30(34)32-15-13-24-8-5-6-9-25(24)18-32/h5-6,8-9,11-12,16-17,26H,7,10,13-15,18-19H2,1-4H3/b12-11+/t26-/m1/s1. The first kappa shape index (κ1) is 26.4. The van der Waals surface area contributed by atoms with Crippen molar-refractivity contribution in [2.45, 2.75) is 58.4 Å². The van der Waals surface area contributed by atoms with Crippen LogP contribution in [0.2, 0.25) is 0 Å². The van der Waals surface area contributed by atoms with Crippen LogP contribution in [0.15, 0.2) is 45.8 Å². The number of fused-ring (bicyclic) bond motifs is 1. The first-order valence-electron chi connectivity index (χ1n) is 13.2. The number of nitrogens with zero attached hydrogens (tertiary/aromatic N) is 3. The van der Waals surface area contributed by atoms with Crippen molar-refractivity contribution < 1.29 is 17.7 Å². The molecule has 2 aliphatic heterocycles. The van der Waals surface area contributed by atoms with Gasteiger partial charge in [0.15, 0.2) is 10.7 Å². The molecule has 2 aliphatic rings. The minimum absolute atomic E-state index is 0.0342. The highest BCUT2D eigenvalue weighted by Crippen LogP contribution is 2.31. The number of aryl methyl sites for hydroxylation is 4. The van der Waals surface area contributed by atoms with Crippen LogP contribution in [0.1, 0.15) is 57.7 Å². The Labute approximate surface area is 225 Å². The summed E-state index contributed by atoms with van der Waals surface area (Å²) in [7, 11) is -3.90. The Balaban J connectivity index is 1.36. The Bertz CT molecular complexity index is 1480. The van der Waals surface area contributed by atoms with Crippen molar-refractivity contribution in [2.75, 3.05) is 19.6 Å². The first-order chi connectivity index (χ1) is 18.1. The first-order valence-corrected chi connectivity index (χ1v) is 14.7. The molecule has 0 bridgehead atoms. The van der Waals surface area contributed by atoms with Gasteiger partial charge in [-0.05, 0) is 80.9 Å². The smallest absolute Gasteiger partial charge is 0.248 e. The number of hydrogen-bond donors (Lipinski definition) is 0. The molecule has 0 aliphatic carbocycles. The van der Waals surface area contributed by atoms with E-state index in [1.165, 1.54) is 21.0 Å². The van der Waals surface area contributed by atoms with Crippen LogP contribution in [0, 0.1) is 33.6 Å². The number of hydrogen-bond acceptors (Lipinski definition) is 5. The minimum Gasteiger partial charge on any atom is -0.355 e. The molecule has 1 aromatic heterocycles. The molecule has 38 heavy (non-hydrogen) atoms. The van der Waals surface area contributed by atoms with Gasteiger partial charge < -0.3 is 9.42 Å². The van der Waals surface area contributed by atoms with E-state index >= 15 is 0 Å². The van der Waals surface area contributed by atoms with E-state index in [9.17, 15) is 13.2 Å². The molecule has 1 amide bonds. The SMILES string of the molecule is Cc1cc(C)c(/C=C/c2onc(C)c2S(=O)(=O)N2CCC[C@@H](C(=O)N3CCc4ccccc4C3)C2)c(C)c1. The van der Waals surface area contributed by atoms with Gasteiger partial charge in [0.2, 0.25) is 15.9 Å². The number of carbonyl (C=O) groups is 1. The monoisotopic (exact) mass is 533 g/mol. The van der Waals surface area contributed by atoms with E-state index in [-0.39, 0.29) is 29.0 Å². The predicted molar refractivity (Wildman–Crippen MR) is 148 cm³/mol. The molecule has 1 saturated heterocycles. The molecule has 7 nitrogen and oxygen atoms in total. The third kappa shape index (κ3) is 5.07. The fourth-order valence-electron chi connectivity index (χ4n) is 5.85. The average molecular weight is 534 g/mol.